The predicted molar refractivity (Wildman–Crippen MR) is 68.7 cm³/mol. The minimum Gasteiger partial charge on any atom is -0.421 e. The molecule has 1 aromatic carbocycles. The normalized spacial score (nSPS) is 11.6. The van der Waals surface area contributed by atoms with Crippen LogP contribution in [0.2, 0.25) is 0 Å². The van der Waals surface area contributed by atoms with E-state index in [4.69, 9.17) is 5.21 Å². The second-order valence-corrected chi connectivity index (χ2v) is 5.20. The van der Waals surface area contributed by atoms with Gasteiger partial charge in [-0.1, -0.05) is 22.6 Å². The van der Waals surface area contributed by atoms with Gasteiger partial charge in [0.05, 0.1) is 10.6 Å². The first-order valence-corrected chi connectivity index (χ1v) is 6.39. The van der Waals surface area contributed by atoms with Crippen LogP contribution in [0, 0.1) is 0 Å². The third-order valence-electron chi connectivity index (χ3n) is 2.64. The number of halogens is 3. The minimum absolute atomic E-state index is 0.0732. The van der Waals surface area contributed by atoms with Crippen LogP contribution in [0.25, 0.3) is 0 Å². The van der Waals surface area contributed by atoms with E-state index in [1.807, 2.05) is 0 Å². The zero-order valence-electron chi connectivity index (χ0n) is 10.6. The van der Waals surface area contributed by atoms with Crippen molar-refractivity contribution >= 4 is 11.8 Å². The largest absolute Gasteiger partial charge is 0.421 e. The van der Waals surface area contributed by atoms with E-state index in [2.05, 4.69) is 0 Å². The molecule has 21 heavy (non-hydrogen) atoms. The molecule has 0 bridgehead atoms. The summed E-state index contributed by atoms with van der Waals surface area (Å²) in [6.45, 7) is 0. The highest BCUT2D eigenvalue weighted by molar-refractivity contribution is 7.99. The van der Waals surface area contributed by atoms with Gasteiger partial charge in [0.2, 0.25) is 0 Å². The summed E-state index contributed by atoms with van der Waals surface area (Å²) in [7, 11) is 1.30. The summed E-state index contributed by atoms with van der Waals surface area (Å²) < 4.78 is 38.7. The van der Waals surface area contributed by atoms with E-state index in [0.717, 1.165) is 34.5 Å². The molecule has 9 heteroatoms. The smallest absolute Gasteiger partial charge is 0.416 e. The number of hydrogen-bond acceptors (Lipinski definition) is 4. The number of nitrogens with zero attached hydrogens (tertiary/aromatic N) is 2. The van der Waals surface area contributed by atoms with Gasteiger partial charge in [0.15, 0.2) is 0 Å². The standard InChI is InChI=1S/C12H9F3N2O3S/c1-16-10(6-9(18)17(20)11(16)19)21-8-4-2-3-7(5-8)12(13,14)15/h2-6,20H,1H3. The van der Waals surface area contributed by atoms with Crippen LogP contribution < -0.4 is 11.2 Å². The molecule has 0 amide bonds. The quantitative estimate of drug-likeness (QED) is 0.679. The summed E-state index contributed by atoms with van der Waals surface area (Å²) in [5, 5.41) is 9.26. The molecule has 112 valence electrons. The van der Waals surface area contributed by atoms with Gasteiger partial charge in [-0.05, 0) is 18.2 Å². The number of alkyl halides is 3. The van der Waals surface area contributed by atoms with Crippen molar-refractivity contribution in [3.8, 4) is 0 Å². The van der Waals surface area contributed by atoms with E-state index in [9.17, 15) is 22.8 Å². The Morgan fingerprint density at radius 3 is 2.48 bits per heavy atom. The molecule has 0 fully saturated rings. The second kappa shape index (κ2) is 5.32. The molecule has 0 aliphatic rings. The number of aromatic nitrogens is 2. The first-order valence-electron chi connectivity index (χ1n) is 5.57. The molecule has 0 saturated heterocycles. The highest BCUT2D eigenvalue weighted by Gasteiger charge is 2.30. The highest BCUT2D eigenvalue weighted by Crippen LogP contribution is 2.33. The summed E-state index contributed by atoms with van der Waals surface area (Å²) in [5.41, 5.74) is -2.75. The Labute approximate surface area is 120 Å². The van der Waals surface area contributed by atoms with Gasteiger partial charge in [-0.2, -0.15) is 13.2 Å². The van der Waals surface area contributed by atoms with Crippen molar-refractivity contribution in [3.05, 3.63) is 56.7 Å². The van der Waals surface area contributed by atoms with Crippen molar-refractivity contribution in [1.82, 2.24) is 9.30 Å². The van der Waals surface area contributed by atoms with E-state index in [1.165, 1.54) is 19.2 Å². The average Bonchev–Trinajstić information content (AvgIpc) is 2.42. The lowest BCUT2D eigenvalue weighted by molar-refractivity contribution is -0.137. The third kappa shape index (κ3) is 3.13. The maximum Gasteiger partial charge on any atom is 0.416 e. The van der Waals surface area contributed by atoms with Crippen LogP contribution in [0.5, 0.6) is 0 Å². The van der Waals surface area contributed by atoms with Gasteiger partial charge in [0.25, 0.3) is 5.56 Å². The lowest BCUT2D eigenvalue weighted by atomic mass is 10.2. The van der Waals surface area contributed by atoms with Crippen molar-refractivity contribution in [2.75, 3.05) is 0 Å². The molecule has 1 N–H and O–H groups in total. The SMILES string of the molecule is Cn1c(Sc2cccc(C(F)(F)F)c2)cc(=O)n(O)c1=O. The lowest BCUT2D eigenvalue weighted by Crippen LogP contribution is -2.37. The highest BCUT2D eigenvalue weighted by atomic mass is 32.2. The first-order chi connectivity index (χ1) is 9.70. The van der Waals surface area contributed by atoms with Gasteiger partial charge < -0.3 is 5.21 Å². The zero-order valence-corrected chi connectivity index (χ0v) is 11.4. The van der Waals surface area contributed by atoms with Crippen LogP contribution in [-0.4, -0.2) is 14.5 Å². The van der Waals surface area contributed by atoms with Gasteiger partial charge in [-0.25, -0.2) is 4.79 Å². The van der Waals surface area contributed by atoms with Crippen LogP contribution >= 0.6 is 11.8 Å². The van der Waals surface area contributed by atoms with E-state index >= 15 is 0 Å². The molecule has 5 nitrogen and oxygen atoms in total. The van der Waals surface area contributed by atoms with E-state index in [-0.39, 0.29) is 14.7 Å². The summed E-state index contributed by atoms with van der Waals surface area (Å²) >= 11 is 0.820. The zero-order chi connectivity index (χ0) is 15.8. The van der Waals surface area contributed by atoms with E-state index in [1.54, 1.807) is 0 Å². The van der Waals surface area contributed by atoms with Crippen molar-refractivity contribution in [3.63, 3.8) is 0 Å². The van der Waals surface area contributed by atoms with E-state index < -0.39 is 23.0 Å². The van der Waals surface area contributed by atoms with Crippen LogP contribution in [0.3, 0.4) is 0 Å². The van der Waals surface area contributed by atoms with Crippen molar-refractivity contribution < 1.29 is 18.4 Å². The van der Waals surface area contributed by atoms with Gasteiger partial charge in [0, 0.05) is 18.0 Å². The Balaban J connectivity index is 2.45. The molecule has 1 aromatic heterocycles. The molecule has 0 aliphatic heterocycles. The van der Waals surface area contributed by atoms with Gasteiger partial charge >= 0.3 is 11.9 Å². The van der Waals surface area contributed by atoms with Crippen LogP contribution in [-0.2, 0) is 13.2 Å². The van der Waals surface area contributed by atoms with Gasteiger partial charge in [0.1, 0.15) is 0 Å². The monoisotopic (exact) mass is 318 g/mol. The van der Waals surface area contributed by atoms with Crippen molar-refractivity contribution in [2.24, 2.45) is 7.05 Å². The molecule has 0 aliphatic carbocycles. The average molecular weight is 318 g/mol. The molecule has 0 unspecified atom stereocenters. The maximum atomic E-state index is 12.6. The fraction of sp³-hybridized carbons (Fsp3) is 0.167. The van der Waals surface area contributed by atoms with Crippen molar-refractivity contribution in [2.45, 2.75) is 16.1 Å². The summed E-state index contributed by atoms with van der Waals surface area (Å²) in [6.07, 6.45) is -4.48. The Bertz CT molecular complexity index is 796. The maximum absolute atomic E-state index is 12.6. The van der Waals surface area contributed by atoms with Gasteiger partial charge in [-0.15, -0.1) is 0 Å². The Morgan fingerprint density at radius 2 is 1.86 bits per heavy atom. The van der Waals surface area contributed by atoms with Gasteiger partial charge in [-0.3, -0.25) is 9.36 Å². The molecule has 0 spiro atoms. The number of hydrogen-bond donors (Lipinski definition) is 1. The minimum atomic E-state index is -4.48. The summed E-state index contributed by atoms with van der Waals surface area (Å²) in [5.74, 6) is 0. The summed E-state index contributed by atoms with van der Waals surface area (Å²) in [6, 6.07) is 5.46. The molecule has 0 saturated carbocycles. The Morgan fingerprint density at radius 1 is 1.19 bits per heavy atom. The molecule has 2 aromatic rings. The topological polar surface area (TPSA) is 64.2 Å². The second-order valence-electron chi connectivity index (χ2n) is 4.10. The molecular weight excluding hydrogens is 309 g/mol. The Hall–Kier alpha value is -2.16. The van der Waals surface area contributed by atoms with Crippen LogP contribution in [0.4, 0.5) is 13.2 Å². The molecular formula is C12H9F3N2O3S. The first kappa shape index (κ1) is 15.2. The summed E-state index contributed by atoms with van der Waals surface area (Å²) in [4.78, 5) is 23.1. The predicted octanol–water partition coefficient (Wildman–Crippen LogP) is 1.95. The fourth-order valence-corrected chi connectivity index (χ4v) is 2.50. The lowest BCUT2D eigenvalue weighted by Gasteiger charge is -2.10. The van der Waals surface area contributed by atoms with Crippen LogP contribution in [0.1, 0.15) is 5.56 Å². The fourth-order valence-electron chi connectivity index (χ4n) is 1.55. The van der Waals surface area contributed by atoms with E-state index in [0.29, 0.717) is 0 Å². The molecule has 1 heterocycles. The Kier molecular flexibility index (Phi) is 3.86. The number of benzene rings is 1. The third-order valence-corrected chi connectivity index (χ3v) is 3.73. The van der Waals surface area contributed by atoms with Crippen molar-refractivity contribution in [1.29, 1.82) is 0 Å². The molecule has 2 rings (SSSR count). The van der Waals surface area contributed by atoms with Crippen LogP contribution in [0.15, 0.2) is 49.8 Å². The number of rotatable bonds is 2. The molecule has 0 atom stereocenters. The molecule has 0 radical (unpaired) electrons.